The Morgan fingerprint density at radius 3 is 2.75 bits per heavy atom. The van der Waals surface area contributed by atoms with Crippen LogP contribution in [0.25, 0.3) is 0 Å². The number of rotatable bonds is 7. The fourth-order valence-corrected chi connectivity index (χ4v) is 5.36. The molecule has 2 fully saturated rings. The minimum Gasteiger partial charge on any atom is -0.364 e. The van der Waals surface area contributed by atoms with E-state index in [2.05, 4.69) is 32.2 Å². The van der Waals surface area contributed by atoms with E-state index in [0.717, 1.165) is 19.0 Å². The van der Waals surface area contributed by atoms with Crippen LogP contribution in [0.4, 0.5) is 0 Å². The topological polar surface area (TPSA) is 94.3 Å². The first-order chi connectivity index (χ1) is 13.5. The number of sulfonamides is 1. The van der Waals surface area contributed by atoms with E-state index in [9.17, 15) is 8.42 Å². The monoisotopic (exact) mass is 412 g/mol. The minimum absolute atomic E-state index is 0.119. The van der Waals surface area contributed by atoms with Gasteiger partial charge in [0.05, 0.1) is 5.69 Å². The van der Waals surface area contributed by atoms with Crippen LogP contribution < -0.4 is 5.32 Å². The summed E-state index contributed by atoms with van der Waals surface area (Å²) in [4.78, 5) is 9.06. The van der Waals surface area contributed by atoms with Crippen LogP contribution in [0, 0.1) is 5.92 Å². The fraction of sp³-hybridized carbons (Fsp3) is 0.778. The van der Waals surface area contributed by atoms with Crippen LogP contribution in [0.3, 0.4) is 0 Å². The lowest BCUT2D eigenvalue weighted by Gasteiger charge is -2.36. The molecule has 3 rings (SSSR count). The van der Waals surface area contributed by atoms with Crippen molar-refractivity contribution in [3.05, 3.63) is 18.0 Å². The highest BCUT2D eigenvalue weighted by Crippen LogP contribution is 2.16. The first-order valence-electron chi connectivity index (χ1n) is 10.1. The molecule has 1 N–H and O–H groups in total. The van der Waals surface area contributed by atoms with Gasteiger partial charge in [0.2, 0.25) is 10.0 Å². The number of hydrogen-bond donors (Lipinski definition) is 1. The summed E-state index contributed by atoms with van der Waals surface area (Å²) < 4.78 is 31.4. The van der Waals surface area contributed by atoms with Crippen LogP contribution in [-0.2, 0) is 15.8 Å². The van der Waals surface area contributed by atoms with Gasteiger partial charge in [0.15, 0.2) is 5.96 Å². The third-order valence-electron chi connectivity index (χ3n) is 5.42. The Labute approximate surface area is 167 Å². The second-order valence-electron chi connectivity index (χ2n) is 7.52. The van der Waals surface area contributed by atoms with Gasteiger partial charge in [-0.3, -0.25) is 4.99 Å². The molecule has 3 heterocycles. The molecule has 2 saturated heterocycles. The van der Waals surface area contributed by atoms with Crippen molar-refractivity contribution in [2.75, 3.05) is 59.4 Å². The van der Waals surface area contributed by atoms with Gasteiger partial charge in [-0.05, 0) is 31.8 Å². The summed E-state index contributed by atoms with van der Waals surface area (Å²) in [6.07, 6.45) is 3.81. The fourth-order valence-electron chi connectivity index (χ4n) is 3.93. The number of hydrogen-bond acceptors (Lipinski definition) is 6. The average molecular weight is 413 g/mol. The Hall–Kier alpha value is -1.65. The molecular weight excluding hydrogens is 380 g/mol. The molecule has 9 nitrogen and oxygen atoms in total. The number of nitrogens with zero attached hydrogens (tertiary/aromatic N) is 5. The van der Waals surface area contributed by atoms with E-state index in [0.29, 0.717) is 37.8 Å². The van der Waals surface area contributed by atoms with Crippen molar-refractivity contribution in [1.82, 2.24) is 24.6 Å². The molecule has 2 aliphatic heterocycles. The second kappa shape index (κ2) is 9.71. The van der Waals surface area contributed by atoms with Crippen molar-refractivity contribution in [2.24, 2.45) is 10.9 Å². The molecule has 10 heteroatoms. The number of piperazine rings is 1. The Kier molecular flexibility index (Phi) is 7.30. The SMILES string of the molecule is CCCN1CCC(CNC(=NC)N2CCN(S(=O)(=O)Cc3ccon3)CC2)C1. The van der Waals surface area contributed by atoms with Crippen LogP contribution in [0.1, 0.15) is 25.5 Å². The van der Waals surface area contributed by atoms with Crippen molar-refractivity contribution >= 4 is 16.0 Å². The molecule has 158 valence electrons. The zero-order valence-corrected chi connectivity index (χ0v) is 17.7. The Morgan fingerprint density at radius 2 is 2.11 bits per heavy atom. The predicted octanol–water partition coefficient (Wildman–Crippen LogP) is 0.429. The highest BCUT2D eigenvalue weighted by Gasteiger charge is 2.29. The van der Waals surface area contributed by atoms with Gasteiger partial charge in [0, 0.05) is 52.4 Å². The van der Waals surface area contributed by atoms with Gasteiger partial charge >= 0.3 is 0 Å². The van der Waals surface area contributed by atoms with Gasteiger partial charge in [-0.15, -0.1) is 0 Å². The van der Waals surface area contributed by atoms with E-state index >= 15 is 0 Å². The van der Waals surface area contributed by atoms with Crippen LogP contribution in [0.15, 0.2) is 21.8 Å². The number of aromatic nitrogens is 1. The van der Waals surface area contributed by atoms with Gasteiger partial charge < -0.3 is 19.6 Å². The first kappa shape index (κ1) is 21.1. The number of nitrogens with one attached hydrogen (secondary N) is 1. The third kappa shape index (κ3) is 5.45. The summed E-state index contributed by atoms with van der Waals surface area (Å²) in [5.41, 5.74) is 0.439. The maximum absolute atomic E-state index is 12.6. The summed E-state index contributed by atoms with van der Waals surface area (Å²) in [6.45, 7) is 8.80. The molecule has 1 unspecified atom stereocenters. The normalized spacial score (nSPS) is 22.7. The van der Waals surface area contributed by atoms with Crippen molar-refractivity contribution in [3.63, 3.8) is 0 Å². The summed E-state index contributed by atoms with van der Waals surface area (Å²) in [5, 5.41) is 7.20. The lowest BCUT2D eigenvalue weighted by Crippen LogP contribution is -2.54. The Bertz CT molecular complexity index is 729. The number of aliphatic imine (C=N–C) groups is 1. The van der Waals surface area contributed by atoms with E-state index in [1.165, 1.54) is 36.5 Å². The summed E-state index contributed by atoms with van der Waals surface area (Å²) in [6, 6.07) is 1.59. The number of guanidine groups is 1. The van der Waals surface area contributed by atoms with Crippen molar-refractivity contribution in [2.45, 2.75) is 25.5 Å². The molecule has 0 aliphatic carbocycles. The molecular formula is C18H32N6O3S. The van der Waals surface area contributed by atoms with Crippen LogP contribution in [0.2, 0.25) is 0 Å². The maximum Gasteiger partial charge on any atom is 0.220 e. The highest BCUT2D eigenvalue weighted by molar-refractivity contribution is 7.88. The van der Waals surface area contributed by atoms with Gasteiger partial charge in [-0.1, -0.05) is 12.1 Å². The predicted molar refractivity (Wildman–Crippen MR) is 108 cm³/mol. The molecule has 1 aromatic heterocycles. The van der Waals surface area contributed by atoms with Crippen molar-refractivity contribution in [3.8, 4) is 0 Å². The lowest BCUT2D eigenvalue weighted by molar-refractivity contribution is 0.258. The molecule has 0 bridgehead atoms. The zero-order valence-electron chi connectivity index (χ0n) is 16.9. The largest absolute Gasteiger partial charge is 0.364 e. The van der Waals surface area contributed by atoms with E-state index in [1.54, 1.807) is 13.1 Å². The quantitative estimate of drug-likeness (QED) is 0.513. The summed E-state index contributed by atoms with van der Waals surface area (Å²) in [7, 11) is -1.60. The molecule has 0 saturated carbocycles. The van der Waals surface area contributed by atoms with E-state index in [-0.39, 0.29) is 5.75 Å². The Morgan fingerprint density at radius 1 is 1.32 bits per heavy atom. The van der Waals surface area contributed by atoms with Gasteiger partial charge in [0.1, 0.15) is 12.0 Å². The van der Waals surface area contributed by atoms with Crippen LogP contribution >= 0.6 is 0 Å². The molecule has 0 amide bonds. The molecule has 2 aliphatic rings. The molecule has 0 radical (unpaired) electrons. The second-order valence-corrected chi connectivity index (χ2v) is 9.49. The van der Waals surface area contributed by atoms with Gasteiger partial charge in [0.25, 0.3) is 0 Å². The Balaban J connectivity index is 1.45. The molecule has 1 atom stereocenters. The van der Waals surface area contributed by atoms with Crippen LogP contribution in [-0.4, -0.2) is 93.0 Å². The van der Waals surface area contributed by atoms with E-state index in [4.69, 9.17) is 4.52 Å². The highest BCUT2D eigenvalue weighted by atomic mass is 32.2. The first-order valence-corrected chi connectivity index (χ1v) is 11.7. The summed E-state index contributed by atoms with van der Waals surface area (Å²) >= 11 is 0. The van der Waals surface area contributed by atoms with E-state index < -0.39 is 10.0 Å². The van der Waals surface area contributed by atoms with Gasteiger partial charge in [-0.25, -0.2) is 8.42 Å². The van der Waals surface area contributed by atoms with E-state index in [1.807, 2.05) is 0 Å². The standard InChI is InChI=1S/C18H32N6O3S/c1-3-6-22-7-4-16(14-22)13-20-18(19-2)23-8-10-24(11-9-23)28(25,26)15-17-5-12-27-21-17/h5,12,16H,3-4,6-11,13-15H2,1-2H3,(H,19,20). The number of likely N-dealkylation sites (tertiary alicyclic amines) is 1. The molecule has 28 heavy (non-hydrogen) atoms. The molecule has 0 aromatic carbocycles. The average Bonchev–Trinajstić information content (AvgIpc) is 3.35. The minimum atomic E-state index is -3.38. The van der Waals surface area contributed by atoms with Crippen molar-refractivity contribution < 1.29 is 12.9 Å². The smallest absolute Gasteiger partial charge is 0.220 e. The molecule has 0 spiro atoms. The van der Waals surface area contributed by atoms with Crippen LogP contribution in [0.5, 0.6) is 0 Å². The van der Waals surface area contributed by atoms with Crippen molar-refractivity contribution in [1.29, 1.82) is 0 Å². The molecule has 1 aromatic rings. The third-order valence-corrected chi connectivity index (χ3v) is 7.24. The summed E-state index contributed by atoms with van der Waals surface area (Å²) in [5.74, 6) is 1.39. The maximum atomic E-state index is 12.6. The zero-order chi connectivity index (χ0) is 20.0. The lowest BCUT2D eigenvalue weighted by atomic mass is 10.1. The van der Waals surface area contributed by atoms with Gasteiger partial charge in [-0.2, -0.15) is 4.31 Å².